The highest BCUT2D eigenvalue weighted by Gasteiger charge is 2.11. The van der Waals surface area contributed by atoms with Crippen LogP contribution >= 0.6 is 0 Å². The van der Waals surface area contributed by atoms with Gasteiger partial charge in [-0.1, -0.05) is 30.3 Å². The van der Waals surface area contributed by atoms with Gasteiger partial charge in [0.25, 0.3) is 0 Å². The largest absolute Gasteiger partial charge is 0.293 e. The number of rotatable bonds is 8. The molecule has 0 spiro atoms. The zero-order valence-electron chi connectivity index (χ0n) is 13.8. The minimum absolute atomic E-state index is 0.222. The monoisotopic (exact) mass is 332 g/mol. The fraction of sp³-hybridized carbons (Fsp3) is 0.389. The molecule has 0 aliphatic carbocycles. The number of benzene rings is 1. The zero-order chi connectivity index (χ0) is 16.7. The molecule has 0 saturated carbocycles. The van der Waals surface area contributed by atoms with Crippen LogP contribution in [0.1, 0.15) is 23.2 Å². The lowest BCUT2D eigenvalue weighted by atomic mass is 10.1. The molecular weight excluding hydrogens is 308 g/mol. The van der Waals surface area contributed by atoms with Crippen LogP contribution in [-0.4, -0.2) is 36.9 Å². The molecule has 5 heteroatoms. The van der Waals surface area contributed by atoms with E-state index in [1.54, 1.807) is 6.20 Å². The Balaban J connectivity index is 2.06. The summed E-state index contributed by atoms with van der Waals surface area (Å²) in [5.41, 5.74) is 3.52. The Hall–Kier alpha value is -1.72. The van der Waals surface area contributed by atoms with Crippen molar-refractivity contribution in [2.24, 2.45) is 0 Å². The molecule has 0 aliphatic rings. The summed E-state index contributed by atoms with van der Waals surface area (Å²) in [6.07, 6.45) is 3.72. The second-order valence-electron chi connectivity index (χ2n) is 5.94. The van der Waals surface area contributed by atoms with E-state index in [1.165, 1.54) is 17.4 Å². The number of hydrogen-bond acceptors (Lipinski definition) is 4. The van der Waals surface area contributed by atoms with Gasteiger partial charge >= 0.3 is 0 Å². The summed E-state index contributed by atoms with van der Waals surface area (Å²) in [6, 6.07) is 14.2. The van der Waals surface area contributed by atoms with Gasteiger partial charge in [-0.2, -0.15) is 0 Å². The van der Waals surface area contributed by atoms with Crippen molar-refractivity contribution < 1.29 is 8.42 Å². The molecule has 0 unspecified atom stereocenters. The van der Waals surface area contributed by atoms with Crippen molar-refractivity contribution in [1.29, 1.82) is 0 Å². The number of nitrogens with zero attached hydrogens (tertiary/aromatic N) is 2. The van der Waals surface area contributed by atoms with E-state index in [9.17, 15) is 8.42 Å². The van der Waals surface area contributed by atoms with Crippen LogP contribution in [0.2, 0.25) is 0 Å². The first kappa shape index (κ1) is 17.6. The van der Waals surface area contributed by atoms with Crippen molar-refractivity contribution in [3.63, 3.8) is 0 Å². The second-order valence-corrected chi connectivity index (χ2v) is 8.20. The van der Waals surface area contributed by atoms with Gasteiger partial charge in [0.1, 0.15) is 9.84 Å². The van der Waals surface area contributed by atoms with Crippen LogP contribution in [-0.2, 0) is 22.9 Å². The first-order valence-electron chi connectivity index (χ1n) is 7.78. The highest BCUT2D eigenvalue weighted by atomic mass is 32.2. The molecule has 0 N–H and O–H groups in total. The summed E-state index contributed by atoms with van der Waals surface area (Å²) < 4.78 is 22.7. The highest BCUT2D eigenvalue weighted by Crippen LogP contribution is 2.13. The minimum Gasteiger partial charge on any atom is -0.293 e. The SMILES string of the molecule is Cc1ccccc1CN(CCCS(C)(=O)=O)Cc1ccccn1. The van der Waals surface area contributed by atoms with E-state index in [0.717, 1.165) is 25.3 Å². The van der Waals surface area contributed by atoms with Crippen molar-refractivity contribution in [1.82, 2.24) is 9.88 Å². The molecule has 0 radical (unpaired) electrons. The quantitative estimate of drug-likeness (QED) is 0.746. The molecule has 0 saturated heterocycles. The van der Waals surface area contributed by atoms with Crippen LogP contribution < -0.4 is 0 Å². The van der Waals surface area contributed by atoms with Crippen molar-refractivity contribution in [3.8, 4) is 0 Å². The van der Waals surface area contributed by atoms with Crippen molar-refractivity contribution >= 4 is 9.84 Å². The Bertz CT molecular complexity index is 715. The van der Waals surface area contributed by atoms with E-state index in [-0.39, 0.29) is 5.75 Å². The Labute approximate surface area is 139 Å². The molecule has 124 valence electrons. The lowest BCUT2D eigenvalue weighted by molar-refractivity contribution is 0.254. The van der Waals surface area contributed by atoms with Gasteiger partial charge in [-0.3, -0.25) is 9.88 Å². The molecule has 0 bridgehead atoms. The third kappa shape index (κ3) is 6.50. The molecule has 1 aromatic carbocycles. The lowest BCUT2D eigenvalue weighted by Crippen LogP contribution is -2.26. The summed E-state index contributed by atoms with van der Waals surface area (Å²) in [4.78, 5) is 6.64. The van der Waals surface area contributed by atoms with Gasteiger partial charge in [0, 0.05) is 25.5 Å². The average molecular weight is 332 g/mol. The smallest absolute Gasteiger partial charge is 0.147 e. The number of pyridine rings is 1. The third-order valence-electron chi connectivity index (χ3n) is 3.76. The van der Waals surface area contributed by atoms with Crippen LogP contribution in [0.15, 0.2) is 48.7 Å². The normalized spacial score (nSPS) is 11.8. The van der Waals surface area contributed by atoms with Gasteiger partial charge in [0.05, 0.1) is 11.4 Å². The van der Waals surface area contributed by atoms with E-state index in [1.807, 2.05) is 30.3 Å². The van der Waals surface area contributed by atoms with E-state index in [2.05, 4.69) is 28.9 Å². The maximum Gasteiger partial charge on any atom is 0.147 e. The van der Waals surface area contributed by atoms with Crippen molar-refractivity contribution in [2.45, 2.75) is 26.4 Å². The summed E-state index contributed by atoms with van der Waals surface area (Å²) in [6.45, 7) is 4.36. The first-order valence-corrected chi connectivity index (χ1v) is 9.84. The molecule has 0 aliphatic heterocycles. The standard InChI is InChI=1S/C18H24N2O2S/c1-16-8-3-4-9-17(16)14-20(12-7-13-23(2,21)22)15-18-10-5-6-11-19-18/h3-6,8-11H,7,12-15H2,1-2H3. The summed E-state index contributed by atoms with van der Waals surface area (Å²) >= 11 is 0. The molecule has 0 fully saturated rings. The molecule has 0 amide bonds. The second kappa shape index (κ2) is 8.22. The Morgan fingerprint density at radius 1 is 1.04 bits per heavy atom. The van der Waals surface area contributed by atoms with Gasteiger partial charge in [0.15, 0.2) is 0 Å². The molecule has 2 rings (SSSR count). The van der Waals surface area contributed by atoms with Gasteiger partial charge < -0.3 is 0 Å². The molecule has 0 atom stereocenters. The van der Waals surface area contributed by atoms with Crippen molar-refractivity contribution in [2.75, 3.05) is 18.6 Å². The maximum atomic E-state index is 11.4. The summed E-state index contributed by atoms with van der Waals surface area (Å²) in [7, 11) is -2.92. The van der Waals surface area contributed by atoms with Crippen LogP contribution in [0.4, 0.5) is 0 Å². The average Bonchev–Trinajstić information content (AvgIpc) is 2.49. The molecule has 23 heavy (non-hydrogen) atoms. The predicted molar refractivity (Wildman–Crippen MR) is 93.9 cm³/mol. The summed E-state index contributed by atoms with van der Waals surface area (Å²) in [5.74, 6) is 0.222. The van der Waals surface area contributed by atoms with E-state index >= 15 is 0 Å². The Kier molecular flexibility index (Phi) is 6.30. The fourth-order valence-electron chi connectivity index (χ4n) is 2.51. The molecule has 1 heterocycles. The van der Waals surface area contributed by atoms with E-state index < -0.39 is 9.84 Å². The topological polar surface area (TPSA) is 50.3 Å². The van der Waals surface area contributed by atoms with Gasteiger partial charge in [-0.15, -0.1) is 0 Å². The van der Waals surface area contributed by atoms with Crippen LogP contribution in [0, 0.1) is 6.92 Å². The number of hydrogen-bond donors (Lipinski definition) is 0. The van der Waals surface area contributed by atoms with Gasteiger partial charge in [0.2, 0.25) is 0 Å². The number of sulfone groups is 1. The summed E-state index contributed by atoms with van der Waals surface area (Å²) in [5, 5.41) is 0. The third-order valence-corrected chi connectivity index (χ3v) is 4.79. The van der Waals surface area contributed by atoms with Gasteiger partial charge in [-0.25, -0.2) is 8.42 Å². The molecule has 4 nitrogen and oxygen atoms in total. The molecular formula is C18H24N2O2S. The van der Waals surface area contributed by atoms with Crippen LogP contribution in [0.5, 0.6) is 0 Å². The Morgan fingerprint density at radius 2 is 1.78 bits per heavy atom. The number of aromatic nitrogens is 1. The van der Waals surface area contributed by atoms with E-state index in [4.69, 9.17) is 0 Å². The molecule has 1 aromatic heterocycles. The maximum absolute atomic E-state index is 11.4. The van der Waals surface area contributed by atoms with Gasteiger partial charge in [-0.05, 0) is 43.1 Å². The van der Waals surface area contributed by atoms with E-state index in [0.29, 0.717) is 6.42 Å². The minimum atomic E-state index is -2.92. The van der Waals surface area contributed by atoms with Crippen molar-refractivity contribution in [3.05, 3.63) is 65.5 Å². The van der Waals surface area contributed by atoms with Crippen LogP contribution in [0.3, 0.4) is 0 Å². The molecule has 2 aromatic rings. The lowest BCUT2D eigenvalue weighted by Gasteiger charge is -2.23. The Morgan fingerprint density at radius 3 is 2.43 bits per heavy atom. The van der Waals surface area contributed by atoms with Crippen LogP contribution in [0.25, 0.3) is 0 Å². The zero-order valence-corrected chi connectivity index (χ0v) is 14.6. The first-order chi connectivity index (χ1) is 10.9. The number of aryl methyl sites for hydroxylation is 1. The predicted octanol–water partition coefficient (Wildman–Crippen LogP) is 2.83. The highest BCUT2D eigenvalue weighted by molar-refractivity contribution is 7.90. The fourth-order valence-corrected chi connectivity index (χ4v) is 3.17.